The van der Waals surface area contributed by atoms with Gasteiger partial charge in [-0.1, -0.05) is 18.2 Å². The minimum atomic E-state index is -4.91. The summed E-state index contributed by atoms with van der Waals surface area (Å²) in [5, 5.41) is 8.85. The maximum Gasteiger partial charge on any atom is 0.347 e. The highest BCUT2D eigenvalue weighted by molar-refractivity contribution is 7.86. The quantitative estimate of drug-likeness (QED) is 0.482. The smallest absolute Gasteiger partial charge is 0.347 e. The van der Waals surface area contributed by atoms with E-state index in [1.807, 2.05) is 0 Å². The summed E-state index contributed by atoms with van der Waals surface area (Å²) >= 11 is 0. The van der Waals surface area contributed by atoms with Crippen LogP contribution in [0.25, 0.3) is 0 Å². The van der Waals surface area contributed by atoms with Crippen LogP contribution in [0, 0.1) is 0 Å². The minimum absolute atomic E-state index is 0.0569. The lowest BCUT2D eigenvalue weighted by Crippen LogP contribution is -2.17. The Morgan fingerprint density at radius 3 is 2.04 bits per heavy atom. The molecule has 2 aromatic carbocycles. The number of rotatable bonds is 4. The second-order valence-electron chi connectivity index (χ2n) is 4.53. The van der Waals surface area contributed by atoms with Crippen molar-refractivity contribution in [3.05, 3.63) is 65.2 Å². The van der Waals surface area contributed by atoms with Crippen molar-refractivity contribution in [1.29, 1.82) is 0 Å². The highest BCUT2D eigenvalue weighted by atomic mass is 32.2. The summed E-state index contributed by atoms with van der Waals surface area (Å²) in [6, 6.07) is 9.85. The SMILES string of the molecule is O=C(O)c1ccc(C(=O)OC(=O)c2ccccc2)c(S(=O)(=O)O)c1. The van der Waals surface area contributed by atoms with Crippen molar-refractivity contribution in [1.82, 2.24) is 0 Å². The molecule has 2 rings (SSSR count). The fraction of sp³-hybridized carbons (Fsp3) is 0. The van der Waals surface area contributed by atoms with Crippen LogP contribution in [-0.4, -0.2) is 36.0 Å². The Bertz CT molecular complexity index is 916. The van der Waals surface area contributed by atoms with Gasteiger partial charge >= 0.3 is 17.9 Å². The third kappa shape index (κ3) is 3.83. The normalized spacial score (nSPS) is 10.9. The Morgan fingerprint density at radius 1 is 0.875 bits per heavy atom. The molecule has 0 saturated carbocycles. The molecule has 0 saturated heterocycles. The summed E-state index contributed by atoms with van der Waals surface area (Å²) in [5.74, 6) is -3.82. The van der Waals surface area contributed by atoms with E-state index in [9.17, 15) is 22.8 Å². The zero-order chi connectivity index (χ0) is 17.9. The van der Waals surface area contributed by atoms with Crippen LogP contribution in [0.1, 0.15) is 31.1 Å². The summed E-state index contributed by atoms with van der Waals surface area (Å²) in [6.45, 7) is 0. The average Bonchev–Trinajstić information content (AvgIpc) is 2.54. The Hall–Kier alpha value is -3.04. The molecule has 2 N–H and O–H groups in total. The number of carbonyl (C=O) groups excluding carboxylic acids is 2. The lowest BCUT2D eigenvalue weighted by molar-refractivity contribution is 0.0393. The largest absolute Gasteiger partial charge is 0.478 e. The Balaban J connectivity index is 2.39. The Labute approximate surface area is 136 Å². The number of benzene rings is 2. The first kappa shape index (κ1) is 17.3. The molecule has 0 bridgehead atoms. The highest BCUT2D eigenvalue weighted by Gasteiger charge is 2.25. The van der Waals surface area contributed by atoms with E-state index in [1.54, 1.807) is 6.07 Å². The number of hydrogen-bond donors (Lipinski definition) is 2. The molecule has 0 radical (unpaired) electrons. The number of aromatic carboxylic acids is 1. The van der Waals surface area contributed by atoms with Crippen LogP contribution >= 0.6 is 0 Å². The van der Waals surface area contributed by atoms with Crippen LogP contribution in [0.3, 0.4) is 0 Å². The number of esters is 2. The zero-order valence-corrected chi connectivity index (χ0v) is 12.7. The van der Waals surface area contributed by atoms with Gasteiger partial charge in [-0.2, -0.15) is 8.42 Å². The maximum atomic E-state index is 12.0. The molecule has 0 heterocycles. The molecule has 0 aliphatic carbocycles. The second-order valence-corrected chi connectivity index (χ2v) is 5.92. The topological polar surface area (TPSA) is 135 Å². The fourth-order valence-corrected chi connectivity index (χ4v) is 2.51. The van der Waals surface area contributed by atoms with Crippen molar-refractivity contribution in [2.75, 3.05) is 0 Å². The fourth-order valence-electron chi connectivity index (χ4n) is 1.81. The molecule has 9 heteroatoms. The average molecular weight is 350 g/mol. The van der Waals surface area contributed by atoms with Gasteiger partial charge in [0.25, 0.3) is 10.1 Å². The molecule has 124 valence electrons. The van der Waals surface area contributed by atoms with Gasteiger partial charge in [0.2, 0.25) is 0 Å². The molecule has 8 nitrogen and oxygen atoms in total. The Morgan fingerprint density at radius 2 is 1.50 bits per heavy atom. The molecule has 0 unspecified atom stereocenters. The van der Waals surface area contributed by atoms with Crippen molar-refractivity contribution in [2.45, 2.75) is 4.90 Å². The number of carboxylic acids is 1. The third-order valence-corrected chi connectivity index (χ3v) is 3.81. The maximum absolute atomic E-state index is 12.0. The summed E-state index contributed by atoms with van der Waals surface area (Å²) in [5.41, 5.74) is -1.07. The van der Waals surface area contributed by atoms with Crippen LogP contribution in [0.4, 0.5) is 0 Å². The molecular formula is C15H10O8S. The lowest BCUT2D eigenvalue weighted by atomic mass is 10.1. The van der Waals surface area contributed by atoms with Gasteiger partial charge in [-0.15, -0.1) is 0 Å². The van der Waals surface area contributed by atoms with Crippen LogP contribution in [0.5, 0.6) is 0 Å². The minimum Gasteiger partial charge on any atom is -0.478 e. The summed E-state index contributed by atoms with van der Waals surface area (Å²) < 4.78 is 36.4. The molecule has 0 aliphatic rings. The van der Waals surface area contributed by atoms with Gasteiger partial charge in [-0.05, 0) is 30.3 Å². The van der Waals surface area contributed by atoms with Crippen molar-refractivity contribution < 1.29 is 37.2 Å². The summed E-state index contributed by atoms with van der Waals surface area (Å²) in [7, 11) is -4.91. The van der Waals surface area contributed by atoms with E-state index >= 15 is 0 Å². The molecule has 2 aromatic rings. The zero-order valence-electron chi connectivity index (χ0n) is 11.9. The van der Waals surface area contributed by atoms with Crippen molar-refractivity contribution in [3.8, 4) is 0 Å². The predicted octanol–water partition coefficient (Wildman–Crippen LogP) is 1.63. The molecule has 0 atom stereocenters. The van der Waals surface area contributed by atoms with E-state index in [0.29, 0.717) is 6.07 Å². The van der Waals surface area contributed by atoms with Gasteiger partial charge in [0, 0.05) is 0 Å². The molecule has 24 heavy (non-hydrogen) atoms. The van der Waals surface area contributed by atoms with Gasteiger partial charge < -0.3 is 9.84 Å². The van der Waals surface area contributed by atoms with Gasteiger partial charge in [-0.3, -0.25) is 4.55 Å². The van der Waals surface area contributed by atoms with Crippen molar-refractivity contribution in [3.63, 3.8) is 0 Å². The number of hydrogen-bond acceptors (Lipinski definition) is 6. The highest BCUT2D eigenvalue weighted by Crippen LogP contribution is 2.19. The first-order chi connectivity index (χ1) is 11.2. The molecule has 0 amide bonds. The monoisotopic (exact) mass is 350 g/mol. The van der Waals surface area contributed by atoms with E-state index in [2.05, 4.69) is 4.74 Å². The first-order valence-corrected chi connectivity index (χ1v) is 7.80. The Kier molecular flexibility index (Phi) is 4.77. The first-order valence-electron chi connectivity index (χ1n) is 6.36. The molecule has 0 spiro atoms. The van der Waals surface area contributed by atoms with E-state index in [4.69, 9.17) is 9.66 Å². The van der Waals surface area contributed by atoms with Crippen LogP contribution < -0.4 is 0 Å². The van der Waals surface area contributed by atoms with Crippen LogP contribution in [-0.2, 0) is 14.9 Å². The summed E-state index contributed by atoms with van der Waals surface area (Å²) in [4.78, 5) is 33.7. The van der Waals surface area contributed by atoms with Gasteiger partial charge in [0.05, 0.1) is 16.7 Å². The number of carboxylic acid groups (broad SMARTS) is 1. The number of carbonyl (C=O) groups is 3. The van der Waals surface area contributed by atoms with Crippen molar-refractivity contribution >= 4 is 28.0 Å². The van der Waals surface area contributed by atoms with Crippen LogP contribution in [0.15, 0.2) is 53.4 Å². The molecule has 0 fully saturated rings. The van der Waals surface area contributed by atoms with E-state index < -0.39 is 44.0 Å². The van der Waals surface area contributed by atoms with Gasteiger partial charge in [0.15, 0.2) is 0 Å². The lowest BCUT2D eigenvalue weighted by Gasteiger charge is -2.08. The van der Waals surface area contributed by atoms with E-state index in [0.717, 1.165) is 12.1 Å². The summed E-state index contributed by atoms with van der Waals surface area (Å²) in [6.07, 6.45) is 0. The van der Waals surface area contributed by atoms with Crippen LogP contribution in [0.2, 0.25) is 0 Å². The van der Waals surface area contributed by atoms with E-state index in [1.165, 1.54) is 24.3 Å². The standard InChI is InChI=1S/C15H10O8S/c16-13(17)10-6-7-11(12(8-10)24(20,21)22)15(19)23-14(18)9-4-2-1-3-5-9/h1-8H,(H,16,17)(H,20,21,22). The van der Waals surface area contributed by atoms with Gasteiger partial charge in [0.1, 0.15) is 4.90 Å². The third-order valence-electron chi connectivity index (χ3n) is 2.92. The van der Waals surface area contributed by atoms with E-state index in [-0.39, 0.29) is 5.56 Å². The predicted molar refractivity (Wildman–Crippen MR) is 79.4 cm³/mol. The van der Waals surface area contributed by atoms with Crippen molar-refractivity contribution in [2.24, 2.45) is 0 Å². The van der Waals surface area contributed by atoms with Gasteiger partial charge in [-0.25, -0.2) is 14.4 Å². The number of ether oxygens (including phenoxy) is 1. The molecule has 0 aromatic heterocycles. The second kappa shape index (κ2) is 6.60. The molecule has 0 aliphatic heterocycles. The molecular weight excluding hydrogens is 340 g/mol.